The van der Waals surface area contributed by atoms with Gasteiger partial charge in [0.05, 0.1) is 18.2 Å². The molecule has 1 unspecified atom stereocenters. The van der Waals surface area contributed by atoms with Gasteiger partial charge in [-0.1, -0.05) is 74.9 Å². The molecule has 3 N–H and O–H groups in total. The Morgan fingerprint density at radius 3 is 2.19 bits per heavy atom. The third-order valence-electron chi connectivity index (χ3n) is 5.78. The molecule has 1 atom stereocenters. The van der Waals surface area contributed by atoms with Crippen LogP contribution in [0.15, 0.2) is 54.1 Å². The Balaban J connectivity index is 2.07. The molecule has 0 bridgehead atoms. The molecule has 3 rings (SSSR count). The molecule has 0 aliphatic carbocycles. The van der Waals surface area contributed by atoms with Gasteiger partial charge in [-0.05, 0) is 23.5 Å². The van der Waals surface area contributed by atoms with Gasteiger partial charge >= 0.3 is 0 Å². The first-order valence-corrected chi connectivity index (χ1v) is 10.9. The molecule has 2 aromatic rings. The molecule has 1 aliphatic heterocycles. The van der Waals surface area contributed by atoms with E-state index >= 15 is 0 Å². The summed E-state index contributed by atoms with van der Waals surface area (Å²) in [5.74, 6) is -1.48. The highest BCUT2D eigenvalue weighted by Gasteiger charge is 2.45. The van der Waals surface area contributed by atoms with E-state index in [1.807, 2.05) is 43.3 Å². The summed E-state index contributed by atoms with van der Waals surface area (Å²) in [5.41, 5.74) is 3.52. The van der Waals surface area contributed by atoms with Crippen molar-refractivity contribution in [3.8, 4) is 0 Å². The fourth-order valence-corrected chi connectivity index (χ4v) is 3.89. The smallest absolute Gasteiger partial charge is 0.295 e. The molecule has 1 amide bonds. The van der Waals surface area contributed by atoms with E-state index in [0.717, 1.165) is 16.7 Å². The molecule has 1 aliphatic rings. The number of likely N-dealkylation sites (tertiary alicyclic amines) is 1. The molecule has 6 heteroatoms. The number of ketones is 1. The highest BCUT2D eigenvalue weighted by Crippen LogP contribution is 2.39. The van der Waals surface area contributed by atoms with Crippen molar-refractivity contribution in [2.24, 2.45) is 0 Å². The van der Waals surface area contributed by atoms with Gasteiger partial charge < -0.3 is 20.4 Å². The molecule has 0 saturated carbocycles. The largest absolute Gasteiger partial charge is 0.507 e. The van der Waals surface area contributed by atoms with Crippen LogP contribution in [-0.4, -0.2) is 53.0 Å². The van der Waals surface area contributed by atoms with E-state index in [1.54, 1.807) is 12.1 Å². The number of carbonyl (C=O) groups is 2. The number of nitrogens with one attached hydrogen (secondary N) is 1. The van der Waals surface area contributed by atoms with Crippen molar-refractivity contribution in [1.29, 1.82) is 0 Å². The third-order valence-corrected chi connectivity index (χ3v) is 5.78. The Labute approximate surface area is 189 Å². The summed E-state index contributed by atoms with van der Waals surface area (Å²) in [6, 6.07) is 14.4. The molecule has 32 heavy (non-hydrogen) atoms. The molecule has 2 aromatic carbocycles. The van der Waals surface area contributed by atoms with Crippen molar-refractivity contribution in [2.45, 2.75) is 39.2 Å². The number of aliphatic hydroxyl groups excluding tert-OH is 2. The predicted molar refractivity (Wildman–Crippen MR) is 125 cm³/mol. The Morgan fingerprint density at radius 1 is 1.00 bits per heavy atom. The summed E-state index contributed by atoms with van der Waals surface area (Å²) in [4.78, 5) is 27.5. The Morgan fingerprint density at radius 2 is 1.62 bits per heavy atom. The minimum Gasteiger partial charge on any atom is -0.507 e. The zero-order chi connectivity index (χ0) is 23.5. The zero-order valence-electron chi connectivity index (χ0n) is 19.2. The van der Waals surface area contributed by atoms with E-state index in [-0.39, 0.29) is 29.9 Å². The van der Waals surface area contributed by atoms with Gasteiger partial charge in [-0.15, -0.1) is 0 Å². The first kappa shape index (κ1) is 23.7. The van der Waals surface area contributed by atoms with Crippen LogP contribution in [-0.2, 0) is 15.0 Å². The minimum atomic E-state index is -0.685. The number of amides is 1. The number of rotatable bonds is 7. The third kappa shape index (κ3) is 4.92. The summed E-state index contributed by atoms with van der Waals surface area (Å²) in [7, 11) is 0. The highest BCUT2D eigenvalue weighted by atomic mass is 16.3. The standard InChI is InChI=1S/C26H32N2O4/c1-17-5-7-19(8-6-17)23(30)21-22(18-9-11-20(12-10-18)26(2,3)4)28(25(32)24(21)31)15-13-27-14-16-29/h5-12,22,27,29-30H,13-16H2,1-4H3/b23-21+. The summed E-state index contributed by atoms with van der Waals surface area (Å²) < 4.78 is 0. The van der Waals surface area contributed by atoms with Crippen LogP contribution < -0.4 is 5.32 Å². The lowest BCUT2D eigenvalue weighted by Crippen LogP contribution is -2.36. The second kappa shape index (κ2) is 9.67. The molecule has 1 heterocycles. The first-order valence-electron chi connectivity index (χ1n) is 10.9. The van der Waals surface area contributed by atoms with E-state index < -0.39 is 17.7 Å². The lowest BCUT2D eigenvalue weighted by Gasteiger charge is -2.26. The van der Waals surface area contributed by atoms with Gasteiger partial charge in [0, 0.05) is 25.2 Å². The van der Waals surface area contributed by atoms with Crippen LogP contribution in [0, 0.1) is 6.92 Å². The maximum atomic E-state index is 13.0. The van der Waals surface area contributed by atoms with Gasteiger partial charge in [-0.25, -0.2) is 0 Å². The molecule has 6 nitrogen and oxygen atoms in total. The molecule has 170 valence electrons. The van der Waals surface area contributed by atoms with Crippen LogP contribution in [0.4, 0.5) is 0 Å². The average molecular weight is 437 g/mol. The lowest BCUT2D eigenvalue weighted by molar-refractivity contribution is -0.139. The Bertz CT molecular complexity index is 1000. The van der Waals surface area contributed by atoms with Crippen LogP contribution in [0.2, 0.25) is 0 Å². The quantitative estimate of drug-likeness (QED) is 0.268. The van der Waals surface area contributed by atoms with E-state index in [1.165, 1.54) is 4.90 Å². The van der Waals surface area contributed by atoms with Crippen LogP contribution in [0.3, 0.4) is 0 Å². The zero-order valence-corrected chi connectivity index (χ0v) is 19.2. The summed E-state index contributed by atoms with van der Waals surface area (Å²) in [6.45, 7) is 9.41. The van der Waals surface area contributed by atoms with Crippen molar-refractivity contribution < 1.29 is 19.8 Å². The molecule has 0 aromatic heterocycles. The first-order chi connectivity index (χ1) is 15.1. The van der Waals surface area contributed by atoms with Crippen LogP contribution >= 0.6 is 0 Å². The van der Waals surface area contributed by atoms with E-state index in [9.17, 15) is 14.7 Å². The number of benzene rings is 2. The number of nitrogens with zero attached hydrogens (tertiary/aromatic N) is 1. The number of aryl methyl sites for hydroxylation is 1. The van der Waals surface area contributed by atoms with E-state index in [0.29, 0.717) is 18.7 Å². The van der Waals surface area contributed by atoms with Crippen molar-refractivity contribution in [3.63, 3.8) is 0 Å². The second-order valence-electron chi connectivity index (χ2n) is 9.20. The Hall–Kier alpha value is -2.96. The molecule has 0 radical (unpaired) electrons. The summed E-state index contributed by atoms with van der Waals surface area (Å²) in [5, 5.41) is 23.1. The summed E-state index contributed by atoms with van der Waals surface area (Å²) in [6.07, 6.45) is 0. The highest BCUT2D eigenvalue weighted by molar-refractivity contribution is 6.46. The molecule has 1 fully saturated rings. The number of carbonyl (C=O) groups excluding carboxylic acids is 2. The normalized spacial score (nSPS) is 18.4. The molecule has 1 saturated heterocycles. The summed E-state index contributed by atoms with van der Waals surface area (Å²) >= 11 is 0. The lowest BCUT2D eigenvalue weighted by atomic mass is 9.85. The second-order valence-corrected chi connectivity index (χ2v) is 9.20. The maximum absolute atomic E-state index is 13.0. The van der Waals surface area contributed by atoms with Gasteiger partial charge in [-0.3, -0.25) is 9.59 Å². The SMILES string of the molecule is Cc1ccc(/C(O)=C2\C(=O)C(=O)N(CCNCCO)C2c2ccc(C(C)(C)C)cc2)cc1. The van der Waals surface area contributed by atoms with Gasteiger partial charge in [0.25, 0.3) is 11.7 Å². The van der Waals surface area contributed by atoms with Crippen molar-refractivity contribution in [3.05, 3.63) is 76.4 Å². The van der Waals surface area contributed by atoms with E-state index in [4.69, 9.17) is 5.11 Å². The van der Waals surface area contributed by atoms with Crippen molar-refractivity contribution in [1.82, 2.24) is 10.2 Å². The van der Waals surface area contributed by atoms with Crippen LogP contribution in [0.5, 0.6) is 0 Å². The molecule has 0 spiro atoms. The van der Waals surface area contributed by atoms with Gasteiger partial charge in [0.15, 0.2) is 0 Å². The number of Topliss-reactive ketones (excluding diaryl/α,β-unsaturated/α-hetero) is 1. The van der Waals surface area contributed by atoms with Crippen LogP contribution in [0.1, 0.15) is 49.1 Å². The van der Waals surface area contributed by atoms with E-state index in [2.05, 4.69) is 26.1 Å². The maximum Gasteiger partial charge on any atom is 0.295 e. The number of hydrogen-bond acceptors (Lipinski definition) is 5. The van der Waals surface area contributed by atoms with Gasteiger partial charge in [0.1, 0.15) is 5.76 Å². The molecular formula is C26H32N2O4. The number of hydrogen-bond donors (Lipinski definition) is 3. The van der Waals surface area contributed by atoms with Crippen molar-refractivity contribution >= 4 is 17.4 Å². The monoisotopic (exact) mass is 436 g/mol. The fraction of sp³-hybridized carbons (Fsp3) is 0.385. The predicted octanol–water partition coefficient (Wildman–Crippen LogP) is 3.30. The van der Waals surface area contributed by atoms with Gasteiger partial charge in [0.2, 0.25) is 0 Å². The Kier molecular flexibility index (Phi) is 7.16. The molecular weight excluding hydrogens is 404 g/mol. The number of aliphatic hydroxyl groups is 2. The topological polar surface area (TPSA) is 89.9 Å². The van der Waals surface area contributed by atoms with Crippen molar-refractivity contribution in [2.75, 3.05) is 26.2 Å². The van der Waals surface area contributed by atoms with Gasteiger partial charge in [-0.2, -0.15) is 0 Å². The van der Waals surface area contributed by atoms with Crippen LogP contribution in [0.25, 0.3) is 5.76 Å². The fourth-order valence-electron chi connectivity index (χ4n) is 3.89. The average Bonchev–Trinajstić information content (AvgIpc) is 3.01. The minimum absolute atomic E-state index is 0.00998.